The molecule has 100 valence electrons. The van der Waals surface area contributed by atoms with Gasteiger partial charge in [0.1, 0.15) is 5.75 Å². The second-order valence-electron chi connectivity index (χ2n) is 4.81. The molecule has 3 heteroatoms. The van der Waals surface area contributed by atoms with Crippen molar-refractivity contribution in [2.24, 2.45) is 5.92 Å². The first-order valence-corrected chi connectivity index (χ1v) is 6.36. The van der Waals surface area contributed by atoms with Crippen LogP contribution in [-0.2, 0) is 4.79 Å². The van der Waals surface area contributed by atoms with Crippen LogP contribution in [0.25, 0.3) is 0 Å². The van der Waals surface area contributed by atoms with E-state index < -0.39 is 0 Å². The van der Waals surface area contributed by atoms with E-state index >= 15 is 0 Å². The number of benzene rings is 1. The topological polar surface area (TPSA) is 29.5 Å². The standard InChI is InChI=1S/C15H23NO2/c1-6-14(11(2)15(17)16(3)4)12-8-7-9-13(10-12)18-5/h7-11,14H,6H2,1-5H3/t11-,14-/m1/s1. The van der Waals surface area contributed by atoms with Crippen LogP contribution in [-0.4, -0.2) is 32.0 Å². The molecule has 0 aliphatic heterocycles. The molecule has 0 aliphatic carbocycles. The maximum absolute atomic E-state index is 12.1. The fraction of sp³-hybridized carbons (Fsp3) is 0.533. The Hall–Kier alpha value is -1.51. The minimum atomic E-state index is -0.0166. The predicted molar refractivity (Wildman–Crippen MR) is 73.9 cm³/mol. The molecular formula is C15H23NO2. The molecule has 0 unspecified atom stereocenters. The van der Waals surface area contributed by atoms with Gasteiger partial charge in [0.05, 0.1) is 7.11 Å². The SMILES string of the molecule is CC[C@@H](c1cccc(OC)c1)[C@@H](C)C(=O)N(C)C. The fourth-order valence-electron chi connectivity index (χ4n) is 2.33. The minimum Gasteiger partial charge on any atom is -0.497 e. The molecule has 0 fully saturated rings. The van der Waals surface area contributed by atoms with Gasteiger partial charge in [0.2, 0.25) is 5.91 Å². The molecule has 3 nitrogen and oxygen atoms in total. The summed E-state index contributed by atoms with van der Waals surface area (Å²) in [5, 5.41) is 0. The minimum absolute atomic E-state index is 0.0166. The van der Waals surface area contributed by atoms with Gasteiger partial charge in [0, 0.05) is 20.0 Å². The van der Waals surface area contributed by atoms with Gasteiger partial charge in [0.15, 0.2) is 0 Å². The largest absolute Gasteiger partial charge is 0.497 e. The average Bonchev–Trinajstić information content (AvgIpc) is 2.38. The van der Waals surface area contributed by atoms with Crippen LogP contribution >= 0.6 is 0 Å². The van der Waals surface area contributed by atoms with Crippen LogP contribution in [0, 0.1) is 5.92 Å². The molecule has 0 N–H and O–H groups in total. The Morgan fingerprint density at radius 1 is 1.39 bits per heavy atom. The normalized spacial score (nSPS) is 13.8. The Morgan fingerprint density at radius 2 is 2.06 bits per heavy atom. The predicted octanol–water partition coefficient (Wildman–Crippen LogP) is 2.91. The van der Waals surface area contributed by atoms with E-state index in [1.807, 2.05) is 25.1 Å². The Kier molecular flexibility index (Phi) is 5.20. The van der Waals surface area contributed by atoms with Gasteiger partial charge in [-0.2, -0.15) is 0 Å². The first-order chi connectivity index (χ1) is 8.51. The number of nitrogens with zero attached hydrogens (tertiary/aromatic N) is 1. The average molecular weight is 249 g/mol. The molecule has 0 radical (unpaired) electrons. The summed E-state index contributed by atoms with van der Waals surface area (Å²) in [5.41, 5.74) is 1.17. The highest BCUT2D eigenvalue weighted by molar-refractivity contribution is 5.79. The van der Waals surface area contributed by atoms with Gasteiger partial charge in [0.25, 0.3) is 0 Å². The number of hydrogen-bond donors (Lipinski definition) is 0. The first kappa shape index (κ1) is 14.6. The van der Waals surface area contributed by atoms with Crippen LogP contribution in [0.3, 0.4) is 0 Å². The summed E-state index contributed by atoms with van der Waals surface area (Å²) in [6.07, 6.45) is 0.938. The number of rotatable bonds is 5. The molecule has 1 amide bonds. The van der Waals surface area contributed by atoms with E-state index in [9.17, 15) is 4.79 Å². The van der Waals surface area contributed by atoms with E-state index in [2.05, 4.69) is 13.0 Å². The van der Waals surface area contributed by atoms with Gasteiger partial charge < -0.3 is 9.64 Å². The second-order valence-corrected chi connectivity index (χ2v) is 4.81. The van der Waals surface area contributed by atoms with E-state index in [1.54, 1.807) is 26.1 Å². The van der Waals surface area contributed by atoms with E-state index in [0.717, 1.165) is 12.2 Å². The lowest BCUT2D eigenvalue weighted by Crippen LogP contribution is -2.31. The van der Waals surface area contributed by atoms with Crippen molar-refractivity contribution in [2.45, 2.75) is 26.2 Å². The van der Waals surface area contributed by atoms with Gasteiger partial charge in [-0.1, -0.05) is 26.0 Å². The molecule has 0 spiro atoms. The summed E-state index contributed by atoms with van der Waals surface area (Å²) >= 11 is 0. The maximum atomic E-state index is 12.1. The number of amides is 1. The molecule has 0 aliphatic rings. The van der Waals surface area contributed by atoms with Crippen LogP contribution in [0.1, 0.15) is 31.7 Å². The van der Waals surface area contributed by atoms with Gasteiger partial charge in [-0.15, -0.1) is 0 Å². The summed E-state index contributed by atoms with van der Waals surface area (Å²) in [7, 11) is 5.27. The van der Waals surface area contributed by atoms with E-state index in [0.29, 0.717) is 0 Å². The van der Waals surface area contributed by atoms with Gasteiger partial charge in [-0.05, 0) is 30.0 Å². The van der Waals surface area contributed by atoms with Crippen LogP contribution < -0.4 is 4.74 Å². The smallest absolute Gasteiger partial charge is 0.225 e. The number of ether oxygens (including phenoxy) is 1. The van der Waals surface area contributed by atoms with Crippen molar-refractivity contribution in [3.05, 3.63) is 29.8 Å². The number of carbonyl (C=O) groups excluding carboxylic acids is 1. The van der Waals surface area contributed by atoms with Crippen molar-refractivity contribution >= 4 is 5.91 Å². The molecular weight excluding hydrogens is 226 g/mol. The molecule has 18 heavy (non-hydrogen) atoms. The number of hydrogen-bond acceptors (Lipinski definition) is 2. The highest BCUT2D eigenvalue weighted by Gasteiger charge is 2.25. The molecule has 0 saturated heterocycles. The van der Waals surface area contributed by atoms with Crippen molar-refractivity contribution in [1.82, 2.24) is 4.90 Å². The molecule has 0 heterocycles. The summed E-state index contributed by atoms with van der Waals surface area (Å²) in [6, 6.07) is 7.99. The van der Waals surface area contributed by atoms with Crippen LogP contribution in [0.2, 0.25) is 0 Å². The molecule has 0 saturated carbocycles. The molecule has 1 aromatic carbocycles. The Balaban J connectivity index is 2.98. The van der Waals surface area contributed by atoms with Crippen molar-refractivity contribution in [3.63, 3.8) is 0 Å². The molecule has 2 atom stereocenters. The molecule has 1 aromatic rings. The Bertz CT molecular complexity index is 401. The van der Waals surface area contributed by atoms with Crippen LogP contribution in [0.15, 0.2) is 24.3 Å². The zero-order valence-corrected chi connectivity index (χ0v) is 11.9. The van der Waals surface area contributed by atoms with Crippen molar-refractivity contribution in [3.8, 4) is 5.75 Å². The van der Waals surface area contributed by atoms with E-state index in [4.69, 9.17) is 4.74 Å². The van der Waals surface area contributed by atoms with E-state index in [1.165, 1.54) is 5.56 Å². The monoisotopic (exact) mass is 249 g/mol. The third-order valence-electron chi connectivity index (χ3n) is 3.40. The lowest BCUT2D eigenvalue weighted by atomic mass is 9.84. The quantitative estimate of drug-likeness (QED) is 0.803. The first-order valence-electron chi connectivity index (χ1n) is 6.36. The Morgan fingerprint density at radius 3 is 2.56 bits per heavy atom. The third-order valence-corrected chi connectivity index (χ3v) is 3.40. The van der Waals surface area contributed by atoms with E-state index in [-0.39, 0.29) is 17.7 Å². The maximum Gasteiger partial charge on any atom is 0.225 e. The fourth-order valence-corrected chi connectivity index (χ4v) is 2.33. The van der Waals surface area contributed by atoms with Crippen molar-refractivity contribution < 1.29 is 9.53 Å². The van der Waals surface area contributed by atoms with Crippen LogP contribution in [0.5, 0.6) is 5.75 Å². The second kappa shape index (κ2) is 6.43. The summed E-state index contributed by atoms with van der Waals surface area (Å²) < 4.78 is 5.24. The number of carbonyl (C=O) groups is 1. The van der Waals surface area contributed by atoms with Gasteiger partial charge >= 0.3 is 0 Å². The molecule has 0 bridgehead atoms. The Labute approximate surface area is 110 Å². The third kappa shape index (κ3) is 3.25. The highest BCUT2D eigenvalue weighted by atomic mass is 16.5. The molecule has 0 aromatic heterocycles. The van der Waals surface area contributed by atoms with Gasteiger partial charge in [-0.3, -0.25) is 4.79 Å². The highest BCUT2D eigenvalue weighted by Crippen LogP contribution is 2.30. The van der Waals surface area contributed by atoms with Crippen molar-refractivity contribution in [1.29, 1.82) is 0 Å². The zero-order valence-electron chi connectivity index (χ0n) is 11.9. The number of methoxy groups -OCH3 is 1. The summed E-state index contributed by atoms with van der Waals surface area (Å²) in [4.78, 5) is 13.7. The van der Waals surface area contributed by atoms with Crippen molar-refractivity contribution in [2.75, 3.05) is 21.2 Å². The molecule has 1 rings (SSSR count). The lowest BCUT2D eigenvalue weighted by molar-refractivity contribution is -0.133. The van der Waals surface area contributed by atoms with Crippen LogP contribution in [0.4, 0.5) is 0 Å². The summed E-state index contributed by atoms with van der Waals surface area (Å²) in [6.45, 7) is 4.11. The van der Waals surface area contributed by atoms with Gasteiger partial charge in [-0.25, -0.2) is 0 Å². The summed E-state index contributed by atoms with van der Waals surface area (Å²) in [5.74, 6) is 1.23. The zero-order chi connectivity index (χ0) is 13.7. The lowest BCUT2D eigenvalue weighted by Gasteiger charge is -2.25.